The van der Waals surface area contributed by atoms with E-state index in [0.717, 1.165) is 12.8 Å². The predicted octanol–water partition coefficient (Wildman–Crippen LogP) is 1.59. The molecule has 0 heterocycles. The highest BCUT2D eigenvalue weighted by molar-refractivity contribution is 5.81. The fourth-order valence-electron chi connectivity index (χ4n) is 2.83. The van der Waals surface area contributed by atoms with Gasteiger partial charge in [0.1, 0.15) is 5.54 Å². The first kappa shape index (κ1) is 14.5. The minimum atomic E-state index is -0.523. The van der Waals surface area contributed by atoms with E-state index in [0.29, 0.717) is 25.0 Å². The average Bonchev–Trinajstić information content (AvgIpc) is 2.34. The molecule has 0 amide bonds. The van der Waals surface area contributed by atoms with Gasteiger partial charge in [-0.3, -0.25) is 10.1 Å². The SMILES string of the molecule is COCCNC1(C(=O)OC)CCCC(C)C1C. The highest BCUT2D eigenvalue weighted by Crippen LogP contribution is 2.38. The number of carbonyl (C=O) groups excluding carboxylic acids is 1. The maximum absolute atomic E-state index is 12.1. The molecule has 4 nitrogen and oxygen atoms in total. The highest BCUT2D eigenvalue weighted by Gasteiger charge is 2.47. The molecule has 0 radical (unpaired) electrons. The van der Waals surface area contributed by atoms with E-state index < -0.39 is 5.54 Å². The second-order valence-corrected chi connectivity index (χ2v) is 5.04. The van der Waals surface area contributed by atoms with Crippen LogP contribution in [0.1, 0.15) is 33.1 Å². The van der Waals surface area contributed by atoms with E-state index >= 15 is 0 Å². The van der Waals surface area contributed by atoms with Gasteiger partial charge in [-0.15, -0.1) is 0 Å². The maximum Gasteiger partial charge on any atom is 0.326 e. The van der Waals surface area contributed by atoms with Crippen LogP contribution in [-0.2, 0) is 14.3 Å². The van der Waals surface area contributed by atoms with Crippen molar-refractivity contribution < 1.29 is 14.3 Å². The number of esters is 1. The van der Waals surface area contributed by atoms with Gasteiger partial charge < -0.3 is 9.47 Å². The summed E-state index contributed by atoms with van der Waals surface area (Å²) < 4.78 is 10.0. The Balaban J connectivity index is 2.80. The largest absolute Gasteiger partial charge is 0.468 e. The molecule has 100 valence electrons. The second-order valence-electron chi connectivity index (χ2n) is 5.04. The highest BCUT2D eigenvalue weighted by atomic mass is 16.5. The minimum absolute atomic E-state index is 0.132. The third-order valence-corrected chi connectivity index (χ3v) is 4.16. The van der Waals surface area contributed by atoms with Gasteiger partial charge in [0.15, 0.2) is 0 Å². The summed E-state index contributed by atoms with van der Waals surface area (Å²) in [6, 6.07) is 0. The van der Waals surface area contributed by atoms with Gasteiger partial charge in [-0.1, -0.05) is 26.7 Å². The van der Waals surface area contributed by atoms with Crippen molar-refractivity contribution in [3.63, 3.8) is 0 Å². The molecule has 1 aliphatic rings. The standard InChI is InChI=1S/C13H25NO3/c1-10-6-5-7-13(11(10)2,12(15)17-4)14-8-9-16-3/h10-11,14H,5-9H2,1-4H3. The van der Waals surface area contributed by atoms with Crippen molar-refractivity contribution in [2.75, 3.05) is 27.4 Å². The summed E-state index contributed by atoms with van der Waals surface area (Å²) >= 11 is 0. The number of hydrogen-bond donors (Lipinski definition) is 1. The fraction of sp³-hybridized carbons (Fsp3) is 0.923. The van der Waals surface area contributed by atoms with Crippen molar-refractivity contribution in [3.8, 4) is 0 Å². The lowest BCUT2D eigenvalue weighted by Crippen LogP contribution is -2.61. The van der Waals surface area contributed by atoms with E-state index in [2.05, 4.69) is 19.2 Å². The molecule has 0 aliphatic heterocycles. The molecule has 0 aromatic heterocycles. The van der Waals surface area contributed by atoms with Crippen LogP contribution in [0.2, 0.25) is 0 Å². The van der Waals surface area contributed by atoms with Gasteiger partial charge in [0.25, 0.3) is 0 Å². The summed E-state index contributed by atoms with van der Waals surface area (Å²) in [6.45, 7) is 5.64. The number of hydrogen-bond acceptors (Lipinski definition) is 4. The summed E-state index contributed by atoms with van der Waals surface area (Å²) in [5, 5.41) is 3.37. The molecule has 1 saturated carbocycles. The lowest BCUT2D eigenvalue weighted by atomic mass is 9.68. The topological polar surface area (TPSA) is 47.6 Å². The second kappa shape index (κ2) is 6.36. The average molecular weight is 243 g/mol. The fourth-order valence-corrected chi connectivity index (χ4v) is 2.83. The Hall–Kier alpha value is -0.610. The van der Waals surface area contributed by atoms with Crippen molar-refractivity contribution in [2.45, 2.75) is 38.6 Å². The molecule has 1 rings (SSSR count). The van der Waals surface area contributed by atoms with Gasteiger partial charge in [0, 0.05) is 13.7 Å². The molecule has 3 atom stereocenters. The lowest BCUT2D eigenvalue weighted by molar-refractivity contribution is -0.154. The zero-order chi connectivity index (χ0) is 12.9. The molecule has 1 fully saturated rings. The van der Waals surface area contributed by atoms with Gasteiger partial charge >= 0.3 is 5.97 Å². The lowest BCUT2D eigenvalue weighted by Gasteiger charge is -2.44. The molecule has 4 heteroatoms. The summed E-state index contributed by atoms with van der Waals surface area (Å²) in [4.78, 5) is 12.1. The summed E-state index contributed by atoms with van der Waals surface area (Å²) in [6.07, 6.45) is 3.11. The smallest absolute Gasteiger partial charge is 0.326 e. The van der Waals surface area contributed by atoms with Gasteiger partial charge in [0.05, 0.1) is 13.7 Å². The maximum atomic E-state index is 12.1. The van der Waals surface area contributed by atoms with Crippen LogP contribution < -0.4 is 5.32 Å². The normalized spacial score (nSPS) is 33.4. The molecule has 0 bridgehead atoms. The zero-order valence-electron chi connectivity index (χ0n) is 11.4. The monoisotopic (exact) mass is 243 g/mol. The first-order valence-corrected chi connectivity index (χ1v) is 6.41. The number of carbonyl (C=O) groups is 1. The Morgan fingerprint density at radius 2 is 2.12 bits per heavy atom. The molecular weight excluding hydrogens is 218 g/mol. The Bertz CT molecular complexity index is 257. The predicted molar refractivity (Wildman–Crippen MR) is 66.8 cm³/mol. The Morgan fingerprint density at radius 3 is 2.71 bits per heavy atom. The number of methoxy groups -OCH3 is 2. The van der Waals surface area contributed by atoms with Gasteiger partial charge in [-0.2, -0.15) is 0 Å². The Morgan fingerprint density at radius 1 is 1.41 bits per heavy atom. The van der Waals surface area contributed by atoms with Crippen molar-refractivity contribution in [3.05, 3.63) is 0 Å². The van der Waals surface area contributed by atoms with E-state index in [1.54, 1.807) is 7.11 Å². The summed E-state index contributed by atoms with van der Waals surface area (Å²) in [5.41, 5.74) is -0.523. The summed E-state index contributed by atoms with van der Waals surface area (Å²) in [5.74, 6) is 0.700. The Kier molecular flexibility index (Phi) is 5.40. The van der Waals surface area contributed by atoms with Crippen LogP contribution in [0.25, 0.3) is 0 Å². The Labute approximate surface area is 104 Å². The van der Waals surface area contributed by atoms with Crippen LogP contribution in [0.4, 0.5) is 0 Å². The first-order valence-electron chi connectivity index (χ1n) is 6.41. The van der Waals surface area contributed by atoms with Gasteiger partial charge in [-0.05, 0) is 18.3 Å². The molecule has 0 saturated heterocycles. The molecule has 3 unspecified atom stereocenters. The van der Waals surface area contributed by atoms with Crippen LogP contribution in [-0.4, -0.2) is 38.9 Å². The van der Waals surface area contributed by atoms with Crippen LogP contribution in [0.5, 0.6) is 0 Å². The molecular formula is C13H25NO3. The minimum Gasteiger partial charge on any atom is -0.468 e. The van der Waals surface area contributed by atoms with Gasteiger partial charge in [-0.25, -0.2) is 0 Å². The van der Waals surface area contributed by atoms with Gasteiger partial charge in [0.2, 0.25) is 0 Å². The van der Waals surface area contributed by atoms with Crippen molar-refractivity contribution >= 4 is 5.97 Å². The van der Waals surface area contributed by atoms with Crippen LogP contribution >= 0.6 is 0 Å². The molecule has 0 aromatic rings. The summed E-state index contributed by atoms with van der Waals surface area (Å²) in [7, 11) is 3.13. The van der Waals surface area contributed by atoms with E-state index in [1.165, 1.54) is 13.5 Å². The van der Waals surface area contributed by atoms with Crippen LogP contribution in [0.3, 0.4) is 0 Å². The third kappa shape index (κ3) is 2.99. The van der Waals surface area contributed by atoms with Crippen molar-refractivity contribution in [1.29, 1.82) is 0 Å². The van der Waals surface area contributed by atoms with Crippen molar-refractivity contribution in [2.24, 2.45) is 11.8 Å². The van der Waals surface area contributed by atoms with E-state index in [4.69, 9.17) is 9.47 Å². The number of nitrogens with one attached hydrogen (secondary N) is 1. The molecule has 17 heavy (non-hydrogen) atoms. The van der Waals surface area contributed by atoms with Crippen molar-refractivity contribution in [1.82, 2.24) is 5.32 Å². The van der Waals surface area contributed by atoms with Crippen LogP contribution in [0, 0.1) is 11.8 Å². The van der Waals surface area contributed by atoms with E-state index in [9.17, 15) is 4.79 Å². The molecule has 1 N–H and O–H groups in total. The number of ether oxygens (including phenoxy) is 2. The third-order valence-electron chi connectivity index (χ3n) is 4.16. The molecule has 0 spiro atoms. The molecule has 1 aliphatic carbocycles. The molecule has 0 aromatic carbocycles. The van der Waals surface area contributed by atoms with E-state index in [-0.39, 0.29) is 5.97 Å². The van der Waals surface area contributed by atoms with Crippen LogP contribution in [0.15, 0.2) is 0 Å². The zero-order valence-corrected chi connectivity index (χ0v) is 11.4. The van der Waals surface area contributed by atoms with E-state index in [1.807, 2.05) is 0 Å². The first-order chi connectivity index (χ1) is 8.08. The quantitative estimate of drug-likeness (QED) is 0.588. The number of rotatable bonds is 5.